The first-order valence-electron chi connectivity index (χ1n) is 7.98. The third-order valence-electron chi connectivity index (χ3n) is 3.74. The van der Waals surface area contributed by atoms with Gasteiger partial charge in [0.25, 0.3) is 11.8 Å². The number of hydrogen-bond acceptors (Lipinski definition) is 2. The first-order chi connectivity index (χ1) is 11.2. The van der Waals surface area contributed by atoms with E-state index in [0.717, 1.165) is 11.1 Å². The second-order valence-electron chi connectivity index (χ2n) is 6.94. The molecule has 0 aliphatic heterocycles. The van der Waals surface area contributed by atoms with Gasteiger partial charge in [0, 0.05) is 11.1 Å². The molecule has 0 atom stereocenters. The van der Waals surface area contributed by atoms with E-state index in [4.69, 9.17) is 0 Å². The summed E-state index contributed by atoms with van der Waals surface area (Å²) in [5, 5.41) is 1.40. The molecule has 0 unspecified atom stereocenters. The molecule has 0 spiro atoms. The number of aryl methyl sites for hydroxylation is 2. The van der Waals surface area contributed by atoms with E-state index in [-0.39, 0.29) is 11.8 Å². The molecule has 2 aromatic carbocycles. The number of rotatable bonds is 2. The zero-order valence-corrected chi connectivity index (χ0v) is 14.9. The summed E-state index contributed by atoms with van der Waals surface area (Å²) in [4.78, 5) is 25.5. The predicted octanol–water partition coefficient (Wildman–Crippen LogP) is 3.89. The smallest absolute Gasteiger partial charge is 0.267 e. The van der Waals surface area contributed by atoms with Crippen LogP contribution >= 0.6 is 0 Å². The molecule has 126 valence electrons. The summed E-state index contributed by atoms with van der Waals surface area (Å²) < 4.78 is 0. The molecule has 0 bridgehead atoms. The van der Waals surface area contributed by atoms with Crippen LogP contribution in [0.3, 0.4) is 0 Å². The van der Waals surface area contributed by atoms with Crippen molar-refractivity contribution >= 4 is 11.8 Å². The molecule has 0 radical (unpaired) electrons. The lowest BCUT2D eigenvalue weighted by atomic mass is 10.0. The normalized spacial score (nSPS) is 11.0. The van der Waals surface area contributed by atoms with Crippen LogP contribution < -0.4 is 5.43 Å². The number of benzene rings is 2. The first-order valence-corrected chi connectivity index (χ1v) is 7.98. The fourth-order valence-corrected chi connectivity index (χ4v) is 2.42. The molecule has 1 N–H and O–H groups in total. The highest BCUT2D eigenvalue weighted by atomic mass is 16.2. The Labute approximate surface area is 143 Å². The molecule has 0 saturated heterocycles. The Morgan fingerprint density at radius 2 is 1.62 bits per heavy atom. The van der Waals surface area contributed by atoms with Crippen molar-refractivity contribution in [3.63, 3.8) is 0 Å². The second-order valence-corrected chi connectivity index (χ2v) is 6.94. The van der Waals surface area contributed by atoms with Crippen molar-refractivity contribution in [2.75, 3.05) is 0 Å². The van der Waals surface area contributed by atoms with Crippen molar-refractivity contribution in [2.45, 2.75) is 40.2 Å². The monoisotopic (exact) mass is 324 g/mol. The van der Waals surface area contributed by atoms with Crippen LogP contribution in [0.4, 0.5) is 0 Å². The van der Waals surface area contributed by atoms with Crippen LogP contribution in [0, 0.1) is 13.8 Å². The highest BCUT2D eigenvalue weighted by Gasteiger charge is 2.29. The van der Waals surface area contributed by atoms with Crippen LogP contribution in [0.5, 0.6) is 0 Å². The average Bonchev–Trinajstić information content (AvgIpc) is 2.51. The number of carbonyl (C=O) groups excluding carboxylic acids is 2. The SMILES string of the molecule is Cc1cccc(C(=O)N(NC(=O)c2ccccc2C)C(C)(C)C)c1. The van der Waals surface area contributed by atoms with Gasteiger partial charge in [0.05, 0.1) is 5.54 Å². The van der Waals surface area contributed by atoms with Gasteiger partial charge >= 0.3 is 0 Å². The van der Waals surface area contributed by atoms with Crippen molar-refractivity contribution in [3.8, 4) is 0 Å². The Morgan fingerprint density at radius 1 is 0.958 bits per heavy atom. The van der Waals surface area contributed by atoms with Crippen molar-refractivity contribution in [3.05, 3.63) is 70.8 Å². The summed E-state index contributed by atoms with van der Waals surface area (Å²) in [7, 11) is 0. The third kappa shape index (κ3) is 4.02. The van der Waals surface area contributed by atoms with E-state index in [2.05, 4.69) is 5.43 Å². The molecular formula is C20H24N2O2. The molecule has 0 saturated carbocycles. The fourth-order valence-electron chi connectivity index (χ4n) is 2.42. The Morgan fingerprint density at radius 3 is 2.21 bits per heavy atom. The van der Waals surface area contributed by atoms with Crippen LogP contribution in [0.1, 0.15) is 52.6 Å². The largest absolute Gasteiger partial charge is 0.272 e. The molecule has 0 heterocycles. The topological polar surface area (TPSA) is 49.4 Å². The van der Waals surface area contributed by atoms with E-state index in [1.165, 1.54) is 5.01 Å². The van der Waals surface area contributed by atoms with Crippen LogP contribution in [0.25, 0.3) is 0 Å². The lowest BCUT2D eigenvalue weighted by molar-refractivity contribution is 0.0358. The Kier molecular flexibility index (Phi) is 5.07. The molecule has 2 aromatic rings. The number of carbonyl (C=O) groups is 2. The molecule has 24 heavy (non-hydrogen) atoms. The quantitative estimate of drug-likeness (QED) is 0.852. The number of hydrazine groups is 1. The van der Waals surface area contributed by atoms with Crippen LogP contribution in [0.15, 0.2) is 48.5 Å². The van der Waals surface area contributed by atoms with Gasteiger partial charge in [-0.1, -0.05) is 35.9 Å². The summed E-state index contributed by atoms with van der Waals surface area (Å²) in [6.07, 6.45) is 0. The zero-order chi connectivity index (χ0) is 17.9. The number of nitrogens with one attached hydrogen (secondary N) is 1. The van der Waals surface area contributed by atoms with E-state index in [9.17, 15) is 9.59 Å². The highest BCUT2D eigenvalue weighted by molar-refractivity contribution is 6.00. The first kappa shape index (κ1) is 17.7. The highest BCUT2D eigenvalue weighted by Crippen LogP contribution is 2.17. The van der Waals surface area contributed by atoms with E-state index in [0.29, 0.717) is 11.1 Å². The lowest BCUT2D eigenvalue weighted by Gasteiger charge is -2.35. The van der Waals surface area contributed by atoms with Gasteiger partial charge in [0.1, 0.15) is 0 Å². The molecule has 2 amide bonds. The molecule has 0 aliphatic rings. The van der Waals surface area contributed by atoms with Gasteiger partial charge in [-0.3, -0.25) is 15.0 Å². The van der Waals surface area contributed by atoms with E-state index >= 15 is 0 Å². The summed E-state index contributed by atoms with van der Waals surface area (Å²) >= 11 is 0. The molecule has 0 aliphatic carbocycles. The summed E-state index contributed by atoms with van der Waals surface area (Å²) in [5.41, 5.74) is 5.20. The molecule has 0 fully saturated rings. The Hall–Kier alpha value is -2.62. The maximum atomic E-state index is 12.9. The van der Waals surface area contributed by atoms with Crippen LogP contribution in [-0.2, 0) is 0 Å². The minimum atomic E-state index is -0.556. The van der Waals surface area contributed by atoms with E-state index in [1.54, 1.807) is 12.1 Å². The third-order valence-corrected chi connectivity index (χ3v) is 3.74. The van der Waals surface area contributed by atoms with Crippen molar-refractivity contribution in [2.24, 2.45) is 0 Å². The maximum Gasteiger partial charge on any atom is 0.272 e. The van der Waals surface area contributed by atoms with Gasteiger partial charge in [-0.25, -0.2) is 5.01 Å². The summed E-state index contributed by atoms with van der Waals surface area (Å²) in [6, 6.07) is 14.7. The zero-order valence-electron chi connectivity index (χ0n) is 14.9. The van der Waals surface area contributed by atoms with Gasteiger partial charge in [-0.05, 0) is 58.4 Å². The van der Waals surface area contributed by atoms with E-state index in [1.807, 2.05) is 71.0 Å². The molecule has 4 heteroatoms. The van der Waals surface area contributed by atoms with Crippen LogP contribution in [-0.4, -0.2) is 22.4 Å². The van der Waals surface area contributed by atoms with E-state index < -0.39 is 5.54 Å². The Balaban J connectivity index is 2.32. The minimum absolute atomic E-state index is 0.229. The van der Waals surface area contributed by atoms with Crippen molar-refractivity contribution < 1.29 is 9.59 Å². The predicted molar refractivity (Wildman–Crippen MR) is 95.7 cm³/mol. The van der Waals surface area contributed by atoms with Crippen molar-refractivity contribution in [1.29, 1.82) is 0 Å². The van der Waals surface area contributed by atoms with Gasteiger partial charge in [0.15, 0.2) is 0 Å². The van der Waals surface area contributed by atoms with Crippen molar-refractivity contribution in [1.82, 2.24) is 10.4 Å². The standard InChI is InChI=1S/C20H24N2O2/c1-14-9-8-11-16(13-14)19(24)22(20(3,4)5)21-18(23)17-12-7-6-10-15(17)2/h6-13H,1-5H3,(H,21,23). The molecular weight excluding hydrogens is 300 g/mol. The van der Waals surface area contributed by atoms with Gasteiger partial charge < -0.3 is 0 Å². The van der Waals surface area contributed by atoms with Crippen LogP contribution in [0.2, 0.25) is 0 Å². The summed E-state index contributed by atoms with van der Waals surface area (Å²) in [6.45, 7) is 9.47. The van der Waals surface area contributed by atoms with Gasteiger partial charge in [-0.2, -0.15) is 0 Å². The molecule has 4 nitrogen and oxygen atoms in total. The van der Waals surface area contributed by atoms with Gasteiger partial charge in [-0.15, -0.1) is 0 Å². The average molecular weight is 324 g/mol. The number of hydrogen-bond donors (Lipinski definition) is 1. The molecule has 0 aromatic heterocycles. The number of nitrogens with zero attached hydrogens (tertiary/aromatic N) is 1. The van der Waals surface area contributed by atoms with Gasteiger partial charge in [0.2, 0.25) is 0 Å². The second kappa shape index (κ2) is 6.87. The maximum absolute atomic E-state index is 12.9. The summed E-state index contributed by atoms with van der Waals surface area (Å²) in [5.74, 6) is -0.517. The number of amides is 2. The lowest BCUT2D eigenvalue weighted by Crippen LogP contribution is -2.56. The minimum Gasteiger partial charge on any atom is -0.267 e. The fraction of sp³-hybridized carbons (Fsp3) is 0.300. The Bertz CT molecular complexity index is 760. The molecule has 2 rings (SSSR count).